The van der Waals surface area contributed by atoms with Crippen molar-refractivity contribution in [3.8, 4) is 11.5 Å². The van der Waals surface area contributed by atoms with Gasteiger partial charge >= 0.3 is 5.97 Å². The summed E-state index contributed by atoms with van der Waals surface area (Å²) >= 11 is 5.57. The van der Waals surface area contributed by atoms with Crippen LogP contribution in [-0.2, 0) is 14.9 Å². The van der Waals surface area contributed by atoms with Crippen LogP contribution < -0.4 is 9.47 Å². The Morgan fingerprint density at radius 2 is 1.47 bits per heavy atom. The van der Waals surface area contributed by atoms with Crippen LogP contribution in [0.5, 0.6) is 11.5 Å². The molecule has 0 amide bonds. The first-order valence-electron chi connectivity index (χ1n) is 9.70. The number of halogens is 2. The Hall–Kier alpha value is -2.31. The number of aliphatic hydroxyl groups excluding tert-OH is 1. The first kappa shape index (κ1) is 24.0. The molecule has 7 heteroatoms. The Kier molecular flexibility index (Phi) is 8.93. The highest BCUT2D eigenvalue weighted by molar-refractivity contribution is 6.18. The van der Waals surface area contributed by atoms with Gasteiger partial charge in [0.15, 0.2) is 6.10 Å². The lowest BCUT2D eigenvalue weighted by Gasteiger charge is -2.26. The molecule has 0 heterocycles. The summed E-state index contributed by atoms with van der Waals surface area (Å²) in [6.45, 7) is 4.76. The summed E-state index contributed by atoms with van der Waals surface area (Å²) in [4.78, 5) is 10.9. The SMILES string of the molecule is CC(=O)O[C@@H](CF)COc1ccc(C(C)(C)c2ccc(OC[C@H](O)CCl)cc2)cc1. The molecule has 0 unspecified atom stereocenters. The van der Waals surface area contributed by atoms with E-state index in [1.54, 1.807) is 0 Å². The van der Waals surface area contributed by atoms with Crippen molar-refractivity contribution in [3.63, 3.8) is 0 Å². The van der Waals surface area contributed by atoms with Gasteiger partial charge in [-0.1, -0.05) is 38.1 Å². The van der Waals surface area contributed by atoms with Crippen LogP contribution in [0.4, 0.5) is 4.39 Å². The number of carbonyl (C=O) groups is 1. The fourth-order valence-electron chi connectivity index (χ4n) is 2.87. The van der Waals surface area contributed by atoms with E-state index in [2.05, 4.69) is 13.8 Å². The normalized spacial score (nSPS) is 13.4. The molecule has 0 saturated carbocycles. The van der Waals surface area contributed by atoms with E-state index in [4.69, 9.17) is 25.8 Å². The average Bonchev–Trinajstić information content (AvgIpc) is 2.75. The van der Waals surface area contributed by atoms with Crippen molar-refractivity contribution in [3.05, 3.63) is 59.7 Å². The van der Waals surface area contributed by atoms with Crippen LogP contribution in [0.15, 0.2) is 48.5 Å². The Balaban J connectivity index is 2.01. The van der Waals surface area contributed by atoms with Gasteiger partial charge in [-0.3, -0.25) is 4.79 Å². The lowest BCUT2D eigenvalue weighted by atomic mass is 9.78. The highest BCUT2D eigenvalue weighted by atomic mass is 35.5. The minimum Gasteiger partial charge on any atom is -0.491 e. The standard InChI is InChI=1S/C23H28ClFO5/c1-16(26)30-22(13-25)15-29-21-10-6-18(7-11-21)23(2,3)17-4-8-20(9-5-17)28-14-19(27)12-24/h4-11,19,22,27H,12-15H2,1-3H3/t19-,22+/m1/s1. The Morgan fingerprint density at radius 1 is 1.00 bits per heavy atom. The molecule has 164 valence electrons. The van der Waals surface area contributed by atoms with Crippen molar-refractivity contribution in [2.24, 2.45) is 0 Å². The summed E-state index contributed by atoms with van der Waals surface area (Å²) in [5.74, 6) is 0.827. The summed E-state index contributed by atoms with van der Waals surface area (Å²) < 4.78 is 28.8. The Morgan fingerprint density at radius 3 is 1.87 bits per heavy atom. The minimum atomic E-state index is -0.912. The van der Waals surface area contributed by atoms with Gasteiger partial charge in [-0.15, -0.1) is 11.6 Å². The molecular formula is C23H28ClFO5. The lowest BCUT2D eigenvalue weighted by molar-refractivity contribution is -0.148. The summed E-state index contributed by atoms with van der Waals surface area (Å²) in [7, 11) is 0. The largest absolute Gasteiger partial charge is 0.491 e. The van der Waals surface area contributed by atoms with Gasteiger partial charge in [0.1, 0.15) is 37.5 Å². The van der Waals surface area contributed by atoms with Crippen molar-refractivity contribution in [1.29, 1.82) is 0 Å². The maximum Gasteiger partial charge on any atom is 0.303 e. The molecule has 2 rings (SSSR count). The number of rotatable bonds is 11. The number of benzene rings is 2. The molecule has 1 N–H and O–H groups in total. The van der Waals surface area contributed by atoms with Gasteiger partial charge in [0, 0.05) is 12.3 Å². The average molecular weight is 439 g/mol. The molecule has 0 bridgehead atoms. The van der Waals surface area contributed by atoms with Crippen molar-refractivity contribution >= 4 is 17.6 Å². The summed E-state index contributed by atoms with van der Waals surface area (Å²) in [5.41, 5.74) is 1.89. The molecule has 0 aliphatic heterocycles. The number of hydrogen-bond donors (Lipinski definition) is 1. The molecule has 0 radical (unpaired) electrons. The maximum atomic E-state index is 12.9. The van der Waals surface area contributed by atoms with Crippen LogP contribution >= 0.6 is 11.6 Å². The second kappa shape index (κ2) is 11.2. The van der Waals surface area contributed by atoms with Gasteiger partial charge in [0.05, 0.1) is 5.88 Å². The van der Waals surface area contributed by atoms with Crippen LogP contribution in [0.3, 0.4) is 0 Å². The molecule has 0 fully saturated rings. The highest BCUT2D eigenvalue weighted by Gasteiger charge is 2.23. The summed E-state index contributed by atoms with van der Waals surface area (Å²) in [6, 6.07) is 15.2. The van der Waals surface area contributed by atoms with Crippen molar-refractivity contribution in [2.45, 2.75) is 38.4 Å². The van der Waals surface area contributed by atoms with E-state index in [0.717, 1.165) is 11.1 Å². The third-order valence-corrected chi connectivity index (χ3v) is 5.07. The van der Waals surface area contributed by atoms with Crippen LogP contribution in [0.1, 0.15) is 31.9 Å². The fraction of sp³-hybridized carbons (Fsp3) is 0.435. The Bertz CT molecular complexity index is 792. The van der Waals surface area contributed by atoms with E-state index in [0.29, 0.717) is 11.5 Å². The predicted octanol–water partition coefficient (Wildman–Crippen LogP) is 4.27. The summed E-state index contributed by atoms with van der Waals surface area (Å²) in [5, 5.41) is 9.49. The third kappa shape index (κ3) is 6.89. The van der Waals surface area contributed by atoms with Gasteiger partial charge in [-0.25, -0.2) is 4.39 Å². The number of carbonyl (C=O) groups excluding carboxylic acids is 1. The Labute approximate surface area is 181 Å². The highest BCUT2D eigenvalue weighted by Crippen LogP contribution is 2.33. The molecule has 0 aromatic heterocycles. The monoisotopic (exact) mass is 438 g/mol. The zero-order valence-electron chi connectivity index (χ0n) is 17.4. The second-order valence-corrected chi connectivity index (χ2v) is 7.80. The number of aliphatic hydroxyl groups is 1. The van der Waals surface area contributed by atoms with E-state index in [1.807, 2.05) is 48.5 Å². The number of hydrogen-bond acceptors (Lipinski definition) is 5. The molecule has 0 aliphatic carbocycles. The van der Waals surface area contributed by atoms with E-state index in [1.165, 1.54) is 6.92 Å². The molecule has 0 saturated heterocycles. The van der Waals surface area contributed by atoms with Crippen LogP contribution in [0, 0.1) is 0 Å². The third-order valence-electron chi connectivity index (χ3n) is 4.71. The topological polar surface area (TPSA) is 65.0 Å². The molecule has 5 nitrogen and oxygen atoms in total. The van der Waals surface area contributed by atoms with Gasteiger partial charge < -0.3 is 19.3 Å². The van der Waals surface area contributed by atoms with Gasteiger partial charge in [0.25, 0.3) is 0 Å². The van der Waals surface area contributed by atoms with Crippen LogP contribution in [0.25, 0.3) is 0 Å². The van der Waals surface area contributed by atoms with E-state index < -0.39 is 24.9 Å². The van der Waals surface area contributed by atoms with Crippen LogP contribution in [0.2, 0.25) is 0 Å². The molecule has 2 atom stereocenters. The number of alkyl halides is 2. The first-order chi connectivity index (χ1) is 14.3. The maximum absolute atomic E-state index is 12.9. The van der Waals surface area contributed by atoms with Gasteiger partial charge in [-0.05, 0) is 35.4 Å². The smallest absolute Gasteiger partial charge is 0.303 e. The molecule has 2 aromatic carbocycles. The van der Waals surface area contributed by atoms with Gasteiger partial charge in [0.2, 0.25) is 0 Å². The fourth-order valence-corrected chi connectivity index (χ4v) is 2.96. The van der Waals surface area contributed by atoms with Crippen molar-refractivity contribution in [2.75, 3.05) is 25.8 Å². The lowest BCUT2D eigenvalue weighted by Crippen LogP contribution is -2.26. The first-order valence-corrected chi connectivity index (χ1v) is 10.2. The molecular weight excluding hydrogens is 411 g/mol. The van der Waals surface area contributed by atoms with Crippen molar-refractivity contribution in [1.82, 2.24) is 0 Å². The number of esters is 1. The van der Waals surface area contributed by atoms with E-state index >= 15 is 0 Å². The zero-order chi connectivity index (χ0) is 22.1. The second-order valence-electron chi connectivity index (χ2n) is 7.49. The molecule has 0 aliphatic rings. The molecule has 30 heavy (non-hydrogen) atoms. The summed E-state index contributed by atoms with van der Waals surface area (Å²) in [6.07, 6.45) is -1.61. The number of ether oxygens (including phenoxy) is 3. The van der Waals surface area contributed by atoms with E-state index in [9.17, 15) is 14.3 Å². The quantitative estimate of drug-likeness (QED) is 0.419. The molecule has 2 aromatic rings. The zero-order valence-corrected chi connectivity index (χ0v) is 18.2. The van der Waals surface area contributed by atoms with Crippen LogP contribution in [-0.4, -0.2) is 49.1 Å². The van der Waals surface area contributed by atoms with Crippen molar-refractivity contribution < 1.29 is 28.5 Å². The van der Waals surface area contributed by atoms with Gasteiger partial charge in [-0.2, -0.15) is 0 Å². The minimum absolute atomic E-state index is 0.0430. The van der Waals surface area contributed by atoms with E-state index in [-0.39, 0.29) is 24.5 Å². The molecule has 0 spiro atoms. The predicted molar refractivity (Wildman–Crippen MR) is 114 cm³/mol.